The van der Waals surface area contributed by atoms with Gasteiger partial charge >= 0.3 is 0 Å². The third kappa shape index (κ3) is 4.38. The summed E-state index contributed by atoms with van der Waals surface area (Å²) in [6.45, 7) is 7.35. The van der Waals surface area contributed by atoms with E-state index in [1.54, 1.807) is 6.33 Å². The number of halogens is 1. The predicted molar refractivity (Wildman–Crippen MR) is 89.4 cm³/mol. The number of rotatable bonds is 7. The molecule has 0 fully saturated rings. The van der Waals surface area contributed by atoms with Gasteiger partial charge in [0.15, 0.2) is 0 Å². The van der Waals surface area contributed by atoms with Gasteiger partial charge in [0.1, 0.15) is 12.2 Å². The van der Waals surface area contributed by atoms with Crippen LogP contribution < -0.4 is 5.32 Å². The van der Waals surface area contributed by atoms with Crippen LogP contribution in [0.15, 0.2) is 35.1 Å². The molecule has 21 heavy (non-hydrogen) atoms. The normalized spacial score (nSPS) is 12.8. The van der Waals surface area contributed by atoms with E-state index in [-0.39, 0.29) is 0 Å². The van der Waals surface area contributed by atoms with Crippen molar-refractivity contribution < 1.29 is 0 Å². The molecule has 114 valence electrons. The van der Waals surface area contributed by atoms with Crippen molar-refractivity contribution in [2.75, 3.05) is 6.54 Å². The molecule has 0 saturated carbocycles. The summed E-state index contributed by atoms with van der Waals surface area (Å²) in [5.41, 5.74) is 1.32. The molecule has 0 aliphatic carbocycles. The molecule has 1 aromatic heterocycles. The fourth-order valence-electron chi connectivity index (χ4n) is 2.51. The van der Waals surface area contributed by atoms with E-state index < -0.39 is 0 Å². The summed E-state index contributed by atoms with van der Waals surface area (Å²) >= 11 is 3.63. The highest BCUT2D eigenvalue weighted by molar-refractivity contribution is 9.10. The molecule has 0 saturated heterocycles. The van der Waals surface area contributed by atoms with E-state index in [1.165, 1.54) is 10.0 Å². The molecule has 2 aromatic rings. The Morgan fingerprint density at radius 3 is 2.67 bits per heavy atom. The molecular formula is C16H23BrN4. The maximum absolute atomic E-state index is 4.42. The number of aromatic nitrogens is 3. The van der Waals surface area contributed by atoms with Gasteiger partial charge in [0, 0.05) is 23.0 Å². The Hall–Kier alpha value is -1.20. The van der Waals surface area contributed by atoms with Crippen LogP contribution in [0.2, 0.25) is 0 Å². The van der Waals surface area contributed by atoms with E-state index in [1.807, 2.05) is 10.7 Å². The molecule has 4 nitrogen and oxygen atoms in total. The van der Waals surface area contributed by atoms with Gasteiger partial charge in [-0.25, -0.2) is 9.67 Å². The third-order valence-electron chi connectivity index (χ3n) is 3.48. The van der Waals surface area contributed by atoms with Crippen molar-refractivity contribution >= 4 is 15.9 Å². The fourth-order valence-corrected chi connectivity index (χ4v) is 2.95. The maximum atomic E-state index is 4.42. The number of benzene rings is 1. The second kappa shape index (κ2) is 7.71. The minimum Gasteiger partial charge on any atom is -0.313 e. The Labute approximate surface area is 135 Å². The highest BCUT2D eigenvalue weighted by atomic mass is 79.9. The zero-order chi connectivity index (χ0) is 15.2. The smallest absolute Gasteiger partial charge is 0.138 e. The van der Waals surface area contributed by atoms with Crippen LogP contribution in [0.1, 0.15) is 38.2 Å². The Morgan fingerprint density at radius 1 is 1.24 bits per heavy atom. The topological polar surface area (TPSA) is 42.7 Å². The molecule has 1 atom stereocenters. The number of nitrogens with zero attached hydrogens (tertiary/aromatic N) is 3. The van der Waals surface area contributed by atoms with Crippen LogP contribution in [0.4, 0.5) is 0 Å². The van der Waals surface area contributed by atoms with Gasteiger partial charge in [-0.3, -0.25) is 0 Å². The van der Waals surface area contributed by atoms with Crippen LogP contribution in [0.5, 0.6) is 0 Å². The number of likely N-dealkylation sites (N-methyl/N-ethyl adjacent to an activating group) is 1. The van der Waals surface area contributed by atoms with Gasteiger partial charge in [0.05, 0.1) is 0 Å². The number of hydrogen-bond acceptors (Lipinski definition) is 3. The Bertz CT molecular complexity index is 565. The summed E-state index contributed by atoms with van der Waals surface area (Å²) < 4.78 is 3.17. The lowest BCUT2D eigenvalue weighted by Crippen LogP contribution is -2.34. The van der Waals surface area contributed by atoms with Crippen molar-refractivity contribution in [1.82, 2.24) is 20.1 Å². The quantitative estimate of drug-likeness (QED) is 0.832. The fraction of sp³-hybridized carbons (Fsp3) is 0.500. The molecule has 1 heterocycles. The molecule has 0 spiro atoms. The molecule has 0 aliphatic rings. The van der Waals surface area contributed by atoms with Crippen molar-refractivity contribution in [3.05, 3.63) is 46.5 Å². The van der Waals surface area contributed by atoms with Crippen LogP contribution in [0.25, 0.3) is 0 Å². The summed E-state index contributed by atoms with van der Waals surface area (Å²) in [7, 11) is 0. The minimum absolute atomic E-state index is 0.341. The van der Waals surface area contributed by atoms with Gasteiger partial charge in [-0.1, -0.05) is 41.1 Å². The number of hydrogen-bond donors (Lipinski definition) is 1. The largest absolute Gasteiger partial charge is 0.313 e. The van der Waals surface area contributed by atoms with Crippen LogP contribution in [0, 0.1) is 0 Å². The first-order chi connectivity index (χ1) is 10.1. The molecule has 2 rings (SSSR count). The highest BCUT2D eigenvalue weighted by Gasteiger charge is 2.16. The SMILES string of the molecule is CCNC(Cc1ccccc1Br)Cc1ncnn1C(C)C. The lowest BCUT2D eigenvalue weighted by molar-refractivity contribution is 0.458. The van der Waals surface area contributed by atoms with Gasteiger partial charge in [0.25, 0.3) is 0 Å². The van der Waals surface area contributed by atoms with Crippen molar-refractivity contribution in [3.8, 4) is 0 Å². The van der Waals surface area contributed by atoms with Gasteiger partial charge in [-0.05, 0) is 38.4 Å². The van der Waals surface area contributed by atoms with E-state index >= 15 is 0 Å². The predicted octanol–water partition coefficient (Wildman–Crippen LogP) is 3.38. The maximum Gasteiger partial charge on any atom is 0.138 e. The molecule has 0 amide bonds. The van der Waals surface area contributed by atoms with Gasteiger partial charge in [-0.15, -0.1) is 0 Å². The van der Waals surface area contributed by atoms with Crippen LogP contribution in [-0.2, 0) is 12.8 Å². The van der Waals surface area contributed by atoms with Crippen LogP contribution in [0.3, 0.4) is 0 Å². The van der Waals surface area contributed by atoms with Gasteiger partial charge in [-0.2, -0.15) is 5.10 Å². The zero-order valence-electron chi connectivity index (χ0n) is 12.9. The summed E-state index contributed by atoms with van der Waals surface area (Å²) in [4.78, 5) is 4.42. The first-order valence-electron chi connectivity index (χ1n) is 7.47. The zero-order valence-corrected chi connectivity index (χ0v) is 14.5. The molecule has 1 aromatic carbocycles. The lowest BCUT2D eigenvalue weighted by atomic mass is 10.0. The standard InChI is InChI=1S/C16H23BrN4/c1-4-18-14(9-13-7-5-6-8-15(13)17)10-16-19-11-20-21(16)12(2)3/h5-8,11-12,14,18H,4,9-10H2,1-3H3. The average Bonchev–Trinajstić information content (AvgIpc) is 2.90. The van der Waals surface area contributed by atoms with Crippen molar-refractivity contribution in [2.24, 2.45) is 0 Å². The van der Waals surface area contributed by atoms with Gasteiger partial charge in [0.2, 0.25) is 0 Å². The van der Waals surface area contributed by atoms with Gasteiger partial charge < -0.3 is 5.32 Å². The lowest BCUT2D eigenvalue weighted by Gasteiger charge is -2.19. The van der Waals surface area contributed by atoms with E-state index in [0.717, 1.165) is 25.2 Å². The second-order valence-corrected chi connectivity index (χ2v) is 6.32. The first kappa shape index (κ1) is 16.2. The number of nitrogens with one attached hydrogen (secondary N) is 1. The van der Waals surface area contributed by atoms with E-state index in [4.69, 9.17) is 0 Å². The molecule has 0 radical (unpaired) electrons. The second-order valence-electron chi connectivity index (χ2n) is 5.47. The Morgan fingerprint density at radius 2 is 2.00 bits per heavy atom. The van der Waals surface area contributed by atoms with Crippen molar-refractivity contribution in [2.45, 2.75) is 45.7 Å². The summed E-state index contributed by atoms with van der Waals surface area (Å²) in [6, 6.07) is 9.09. The molecule has 5 heteroatoms. The van der Waals surface area contributed by atoms with E-state index in [2.05, 4.69) is 70.3 Å². The summed E-state index contributed by atoms with van der Waals surface area (Å²) in [5, 5.41) is 7.88. The van der Waals surface area contributed by atoms with Crippen LogP contribution >= 0.6 is 15.9 Å². The first-order valence-corrected chi connectivity index (χ1v) is 8.26. The highest BCUT2D eigenvalue weighted by Crippen LogP contribution is 2.19. The molecular weight excluding hydrogens is 328 g/mol. The monoisotopic (exact) mass is 350 g/mol. The Balaban J connectivity index is 2.12. The third-order valence-corrected chi connectivity index (χ3v) is 4.26. The molecule has 1 unspecified atom stereocenters. The van der Waals surface area contributed by atoms with E-state index in [0.29, 0.717) is 12.1 Å². The summed E-state index contributed by atoms with van der Waals surface area (Å²) in [5.74, 6) is 1.04. The van der Waals surface area contributed by atoms with Crippen molar-refractivity contribution in [1.29, 1.82) is 0 Å². The van der Waals surface area contributed by atoms with Crippen LogP contribution in [-0.4, -0.2) is 27.4 Å². The summed E-state index contributed by atoms with van der Waals surface area (Å²) in [6.07, 6.45) is 3.50. The molecule has 0 aliphatic heterocycles. The average molecular weight is 351 g/mol. The minimum atomic E-state index is 0.341. The Kier molecular flexibility index (Phi) is 5.94. The molecule has 1 N–H and O–H groups in total. The van der Waals surface area contributed by atoms with Crippen molar-refractivity contribution in [3.63, 3.8) is 0 Å². The molecule has 0 bridgehead atoms. The van der Waals surface area contributed by atoms with E-state index in [9.17, 15) is 0 Å².